The molecule has 1 aliphatic carbocycles. The van der Waals surface area contributed by atoms with Crippen molar-refractivity contribution < 1.29 is 19.4 Å². The number of rotatable bonds is 5. The molecule has 1 rings (SSSR count). The van der Waals surface area contributed by atoms with Gasteiger partial charge in [-0.15, -0.1) is 0 Å². The molecule has 0 amide bonds. The Morgan fingerprint density at radius 1 is 1.35 bits per heavy atom. The highest BCUT2D eigenvalue weighted by Gasteiger charge is 2.28. The van der Waals surface area contributed by atoms with Gasteiger partial charge in [0.2, 0.25) is 0 Å². The maximum Gasteiger partial charge on any atom is 0.308 e. The molecule has 1 N–H and O–H groups in total. The average molecular weight is 242 g/mol. The van der Waals surface area contributed by atoms with E-state index in [0.29, 0.717) is 0 Å². The second kappa shape index (κ2) is 6.15. The minimum Gasteiger partial charge on any atom is -0.465 e. The van der Waals surface area contributed by atoms with Crippen molar-refractivity contribution in [1.29, 1.82) is 0 Å². The Bertz CT molecular complexity index is 265. The van der Waals surface area contributed by atoms with E-state index in [1.54, 1.807) is 0 Å². The van der Waals surface area contributed by atoms with Gasteiger partial charge in [-0.25, -0.2) is 0 Å². The number of carbonyl (C=O) groups excluding carboxylic acids is 2. The molecule has 98 valence electrons. The van der Waals surface area contributed by atoms with Gasteiger partial charge < -0.3 is 14.6 Å². The van der Waals surface area contributed by atoms with Gasteiger partial charge >= 0.3 is 5.97 Å². The van der Waals surface area contributed by atoms with Crippen molar-refractivity contribution in [3.8, 4) is 0 Å². The molecule has 1 saturated carbocycles. The van der Waals surface area contributed by atoms with Crippen molar-refractivity contribution in [3.63, 3.8) is 0 Å². The summed E-state index contributed by atoms with van der Waals surface area (Å²) in [6.45, 7) is 3.95. The van der Waals surface area contributed by atoms with E-state index >= 15 is 0 Å². The molecular formula is C13H22O4. The normalized spacial score (nSPS) is 25.4. The summed E-state index contributed by atoms with van der Waals surface area (Å²) in [4.78, 5) is 22.4. The standard InChI is InChI=1S/C13H22O4/c1-13(2,8-15)9-17-12(16)11-5-3-10(7-14)4-6-11/h7,10-11,15H,3-6,8-9H2,1-2H3. The number of ether oxygens (including phenoxy) is 1. The molecule has 0 aliphatic heterocycles. The Morgan fingerprint density at radius 2 is 1.94 bits per heavy atom. The van der Waals surface area contributed by atoms with E-state index < -0.39 is 0 Å². The number of carbonyl (C=O) groups is 2. The fourth-order valence-electron chi connectivity index (χ4n) is 1.92. The van der Waals surface area contributed by atoms with Gasteiger partial charge in [0, 0.05) is 11.3 Å². The van der Waals surface area contributed by atoms with Crippen LogP contribution in [0.2, 0.25) is 0 Å². The molecule has 0 radical (unpaired) electrons. The maximum atomic E-state index is 11.8. The highest BCUT2D eigenvalue weighted by Crippen LogP contribution is 2.28. The number of esters is 1. The van der Waals surface area contributed by atoms with Gasteiger partial charge in [0.15, 0.2) is 0 Å². The van der Waals surface area contributed by atoms with Crippen molar-refractivity contribution in [2.24, 2.45) is 17.3 Å². The Labute approximate surface area is 102 Å². The quantitative estimate of drug-likeness (QED) is 0.587. The molecule has 17 heavy (non-hydrogen) atoms. The van der Waals surface area contributed by atoms with E-state index in [-0.39, 0.29) is 36.4 Å². The van der Waals surface area contributed by atoms with Crippen LogP contribution in [0.25, 0.3) is 0 Å². The zero-order chi connectivity index (χ0) is 12.9. The zero-order valence-corrected chi connectivity index (χ0v) is 10.6. The molecule has 1 aliphatic rings. The predicted molar refractivity (Wildman–Crippen MR) is 63.3 cm³/mol. The van der Waals surface area contributed by atoms with Gasteiger partial charge in [-0.2, -0.15) is 0 Å². The molecule has 1 fully saturated rings. The van der Waals surface area contributed by atoms with E-state index in [0.717, 1.165) is 32.0 Å². The summed E-state index contributed by atoms with van der Waals surface area (Å²) in [6.07, 6.45) is 4.03. The van der Waals surface area contributed by atoms with Crippen LogP contribution in [0.5, 0.6) is 0 Å². The Morgan fingerprint density at radius 3 is 2.41 bits per heavy atom. The van der Waals surface area contributed by atoms with Crippen molar-refractivity contribution >= 4 is 12.3 Å². The fourth-order valence-corrected chi connectivity index (χ4v) is 1.92. The first-order chi connectivity index (χ1) is 7.98. The third kappa shape index (κ3) is 4.46. The van der Waals surface area contributed by atoms with Gasteiger partial charge in [-0.05, 0) is 25.7 Å². The monoisotopic (exact) mass is 242 g/mol. The first kappa shape index (κ1) is 14.2. The van der Waals surface area contributed by atoms with Crippen LogP contribution >= 0.6 is 0 Å². The van der Waals surface area contributed by atoms with Crippen molar-refractivity contribution in [2.75, 3.05) is 13.2 Å². The van der Waals surface area contributed by atoms with Crippen molar-refractivity contribution in [2.45, 2.75) is 39.5 Å². The maximum absolute atomic E-state index is 11.8. The molecule has 0 atom stereocenters. The third-order valence-corrected chi connectivity index (χ3v) is 3.33. The summed E-state index contributed by atoms with van der Waals surface area (Å²) in [7, 11) is 0. The van der Waals surface area contributed by atoms with E-state index in [2.05, 4.69) is 0 Å². The van der Waals surface area contributed by atoms with Crippen LogP contribution in [-0.4, -0.2) is 30.6 Å². The Balaban J connectivity index is 2.32. The summed E-state index contributed by atoms with van der Waals surface area (Å²) >= 11 is 0. The van der Waals surface area contributed by atoms with Gasteiger partial charge in [0.05, 0.1) is 19.1 Å². The van der Waals surface area contributed by atoms with Crippen LogP contribution in [-0.2, 0) is 14.3 Å². The second-order valence-electron chi connectivity index (χ2n) is 5.68. The smallest absolute Gasteiger partial charge is 0.308 e. The van der Waals surface area contributed by atoms with Crippen molar-refractivity contribution in [3.05, 3.63) is 0 Å². The molecular weight excluding hydrogens is 220 g/mol. The zero-order valence-electron chi connectivity index (χ0n) is 10.6. The molecule has 0 heterocycles. The van der Waals surface area contributed by atoms with Crippen LogP contribution in [0.1, 0.15) is 39.5 Å². The lowest BCUT2D eigenvalue weighted by molar-refractivity contribution is -0.154. The topological polar surface area (TPSA) is 63.6 Å². The number of aliphatic hydroxyl groups is 1. The highest BCUT2D eigenvalue weighted by molar-refractivity contribution is 5.72. The summed E-state index contributed by atoms with van der Waals surface area (Å²) in [6, 6.07) is 0. The molecule has 4 heteroatoms. The molecule has 0 aromatic rings. The molecule has 0 bridgehead atoms. The Hall–Kier alpha value is -0.900. The summed E-state index contributed by atoms with van der Waals surface area (Å²) in [5.74, 6) is -0.135. The molecule has 0 aromatic heterocycles. The number of aldehydes is 1. The largest absolute Gasteiger partial charge is 0.465 e. The van der Waals surface area contributed by atoms with Gasteiger partial charge in [-0.3, -0.25) is 4.79 Å². The first-order valence-corrected chi connectivity index (χ1v) is 6.21. The summed E-state index contributed by atoms with van der Waals surface area (Å²) < 4.78 is 5.22. The number of hydrogen-bond acceptors (Lipinski definition) is 4. The predicted octanol–water partition coefficient (Wildman–Crippen LogP) is 1.55. The van der Waals surface area contributed by atoms with Crippen LogP contribution in [0.4, 0.5) is 0 Å². The van der Waals surface area contributed by atoms with Crippen LogP contribution < -0.4 is 0 Å². The number of aliphatic hydroxyl groups excluding tert-OH is 1. The SMILES string of the molecule is CC(C)(CO)COC(=O)C1CCC(C=O)CC1. The van der Waals surface area contributed by atoms with E-state index in [4.69, 9.17) is 9.84 Å². The van der Waals surface area contributed by atoms with Crippen molar-refractivity contribution in [1.82, 2.24) is 0 Å². The van der Waals surface area contributed by atoms with E-state index in [1.165, 1.54) is 0 Å². The van der Waals surface area contributed by atoms with Crippen LogP contribution in [0.3, 0.4) is 0 Å². The first-order valence-electron chi connectivity index (χ1n) is 6.21. The van der Waals surface area contributed by atoms with E-state index in [9.17, 15) is 9.59 Å². The number of hydrogen-bond donors (Lipinski definition) is 1. The molecule has 0 saturated heterocycles. The lowest BCUT2D eigenvalue weighted by Crippen LogP contribution is -2.30. The minimum atomic E-state index is -0.379. The lowest BCUT2D eigenvalue weighted by Gasteiger charge is -2.26. The minimum absolute atomic E-state index is 0.00182. The van der Waals surface area contributed by atoms with Crippen LogP contribution in [0.15, 0.2) is 0 Å². The van der Waals surface area contributed by atoms with E-state index in [1.807, 2.05) is 13.8 Å². The Kier molecular flexibility index (Phi) is 5.12. The molecule has 4 nitrogen and oxygen atoms in total. The van der Waals surface area contributed by atoms with Gasteiger partial charge in [0.1, 0.15) is 6.29 Å². The molecule has 0 spiro atoms. The second-order valence-corrected chi connectivity index (χ2v) is 5.68. The van der Waals surface area contributed by atoms with Gasteiger partial charge in [0.25, 0.3) is 0 Å². The molecule has 0 unspecified atom stereocenters. The highest BCUT2D eigenvalue weighted by atomic mass is 16.5. The summed E-state index contributed by atoms with van der Waals surface area (Å²) in [5.41, 5.74) is -0.379. The van der Waals surface area contributed by atoms with Crippen LogP contribution in [0, 0.1) is 17.3 Å². The lowest BCUT2D eigenvalue weighted by atomic mass is 9.83. The summed E-state index contributed by atoms with van der Waals surface area (Å²) in [5, 5.41) is 9.05. The average Bonchev–Trinajstić information content (AvgIpc) is 2.36. The van der Waals surface area contributed by atoms with Gasteiger partial charge in [-0.1, -0.05) is 13.8 Å². The fraction of sp³-hybridized carbons (Fsp3) is 0.846. The third-order valence-electron chi connectivity index (χ3n) is 3.33. The molecule has 0 aromatic carbocycles.